The Hall–Kier alpha value is -1.17. The van der Waals surface area contributed by atoms with Crippen LogP contribution in [0.1, 0.15) is 57.6 Å². The lowest BCUT2D eigenvalue weighted by atomic mass is 9.73. The number of allylic oxidation sites excluding steroid dienone is 2. The molecule has 3 atom stereocenters. The molecule has 2 aliphatic carbocycles. The Labute approximate surface area is 165 Å². The van der Waals surface area contributed by atoms with Crippen LogP contribution in [0.4, 0.5) is 0 Å². The third-order valence-electron chi connectivity index (χ3n) is 7.00. The van der Waals surface area contributed by atoms with Gasteiger partial charge in [0.1, 0.15) is 0 Å². The molecule has 0 amide bonds. The number of hydrogen-bond donors (Lipinski definition) is 1. The topological polar surface area (TPSA) is 49.4 Å². The van der Waals surface area contributed by atoms with Gasteiger partial charge in [-0.1, -0.05) is 43.3 Å². The van der Waals surface area contributed by atoms with Gasteiger partial charge in [-0.15, -0.1) is 0 Å². The van der Waals surface area contributed by atoms with Crippen LogP contribution in [0.25, 0.3) is 0 Å². The Balaban J connectivity index is 0.00000225. The Bertz CT molecular complexity index is 816. The molecule has 5 heteroatoms. The van der Waals surface area contributed by atoms with E-state index in [0.717, 1.165) is 38.3 Å². The van der Waals surface area contributed by atoms with Crippen LogP contribution in [-0.4, -0.2) is 39.2 Å². The zero-order valence-corrected chi connectivity index (χ0v) is 17.3. The second kappa shape index (κ2) is 7.34. The van der Waals surface area contributed by atoms with Crippen LogP contribution in [0.2, 0.25) is 0 Å². The number of piperidine rings is 1. The summed E-state index contributed by atoms with van der Waals surface area (Å²) in [4.78, 5) is 2.63. The first-order valence-corrected chi connectivity index (χ1v) is 12.2. The van der Waals surface area contributed by atoms with E-state index in [1.807, 2.05) is 6.07 Å². The van der Waals surface area contributed by atoms with Gasteiger partial charge in [-0.05, 0) is 73.6 Å². The number of nitrogens with one attached hydrogen (secondary N) is 1. The van der Waals surface area contributed by atoms with Crippen molar-refractivity contribution in [3.05, 3.63) is 47.5 Å². The summed E-state index contributed by atoms with van der Waals surface area (Å²) in [6, 6.07) is 8.38. The standard InChI is InChI=1S/C22H32N2O2S.H2/c1-17(18-7-3-4-8-18)16-24-13-11-22(12-14-24)15-21(23-27(2,25)26)19-9-5-6-10-20(19)22;/h3,5-7,9-10,17-18,21,23H,4,8,11-16H2,1-2H3;1H/t17-,18+,21+;/m1./s1. The molecule has 1 aliphatic heterocycles. The zero-order valence-electron chi connectivity index (χ0n) is 16.5. The first-order chi connectivity index (χ1) is 12.9. The van der Waals surface area contributed by atoms with Gasteiger partial charge in [-0.2, -0.15) is 0 Å². The van der Waals surface area contributed by atoms with E-state index in [1.54, 1.807) is 0 Å². The molecule has 4 rings (SSSR count). The normalized spacial score (nSPS) is 28.5. The Morgan fingerprint density at radius 2 is 2.04 bits per heavy atom. The summed E-state index contributed by atoms with van der Waals surface area (Å²) in [6.07, 6.45) is 11.7. The molecule has 1 aromatic rings. The molecule has 1 fully saturated rings. The SMILES string of the molecule is C[C@H](CN1CCC2(CC1)C[C@H](NS(C)(=O)=O)c1ccccc12)[C@H]1C=CCC1.[HH]. The van der Waals surface area contributed by atoms with E-state index in [0.29, 0.717) is 5.92 Å². The minimum atomic E-state index is -3.21. The van der Waals surface area contributed by atoms with E-state index in [1.165, 1.54) is 36.8 Å². The van der Waals surface area contributed by atoms with Gasteiger partial charge >= 0.3 is 0 Å². The molecular weight excluding hydrogens is 356 g/mol. The predicted molar refractivity (Wildman–Crippen MR) is 112 cm³/mol. The lowest BCUT2D eigenvalue weighted by Gasteiger charge is -2.41. The number of benzene rings is 1. The maximum atomic E-state index is 11.8. The molecule has 0 bridgehead atoms. The van der Waals surface area contributed by atoms with Crippen molar-refractivity contribution >= 4 is 10.0 Å². The average molecular weight is 391 g/mol. The number of likely N-dealkylation sites (tertiary alicyclic amines) is 1. The minimum Gasteiger partial charge on any atom is -0.303 e. The van der Waals surface area contributed by atoms with Crippen molar-refractivity contribution in [3.63, 3.8) is 0 Å². The first kappa shape index (κ1) is 19.2. The first-order valence-electron chi connectivity index (χ1n) is 10.3. The van der Waals surface area contributed by atoms with Gasteiger partial charge in [0.2, 0.25) is 10.0 Å². The predicted octanol–water partition coefficient (Wildman–Crippen LogP) is 3.86. The fourth-order valence-corrected chi connectivity index (χ4v) is 6.30. The number of fused-ring (bicyclic) bond motifs is 2. The highest BCUT2D eigenvalue weighted by Gasteiger charge is 2.46. The van der Waals surface area contributed by atoms with Gasteiger partial charge in [0.05, 0.1) is 6.26 Å². The van der Waals surface area contributed by atoms with E-state index in [4.69, 9.17) is 0 Å². The Morgan fingerprint density at radius 1 is 1.30 bits per heavy atom. The summed E-state index contributed by atoms with van der Waals surface area (Å²) in [5.41, 5.74) is 2.68. The molecule has 4 nitrogen and oxygen atoms in total. The molecule has 1 N–H and O–H groups in total. The quantitative estimate of drug-likeness (QED) is 0.777. The van der Waals surface area contributed by atoms with E-state index in [9.17, 15) is 8.42 Å². The Morgan fingerprint density at radius 3 is 2.70 bits per heavy atom. The van der Waals surface area contributed by atoms with Gasteiger partial charge in [-0.3, -0.25) is 0 Å². The van der Waals surface area contributed by atoms with Gasteiger partial charge in [-0.25, -0.2) is 13.1 Å². The van der Waals surface area contributed by atoms with Crippen LogP contribution in [0.3, 0.4) is 0 Å². The van der Waals surface area contributed by atoms with Gasteiger partial charge in [0.25, 0.3) is 0 Å². The Kier molecular flexibility index (Phi) is 5.21. The molecule has 150 valence electrons. The third-order valence-corrected chi connectivity index (χ3v) is 7.71. The van der Waals surface area contributed by atoms with E-state index < -0.39 is 10.0 Å². The van der Waals surface area contributed by atoms with E-state index in [-0.39, 0.29) is 12.9 Å². The lowest BCUT2D eigenvalue weighted by Crippen LogP contribution is -2.44. The summed E-state index contributed by atoms with van der Waals surface area (Å²) in [7, 11) is -3.21. The van der Waals surface area contributed by atoms with Crippen LogP contribution in [0.5, 0.6) is 0 Å². The van der Waals surface area contributed by atoms with Gasteiger partial charge in [0, 0.05) is 14.0 Å². The molecule has 1 spiro atoms. The van der Waals surface area contributed by atoms with Crippen molar-refractivity contribution in [3.8, 4) is 0 Å². The molecule has 1 saturated heterocycles. The molecule has 27 heavy (non-hydrogen) atoms. The summed E-state index contributed by atoms with van der Waals surface area (Å²) in [6.45, 7) is 5.79. The van der Waals surface area contributed by atoms with Crippen LogP contribution in [-0.2, 0) is 15.4 Å². The second-order valence-electron chi connectivity index (χ2n) is 8.96. The maximum absolute atomic E-state index is 11.8. The van der Waals surface area contributed by atoms with Gasteiger partial charge in [0.15, 0.2) is 0 Å². The second-order valence-corrected chi connectivity index (χ2v) is 10.7. The van der Waals surface area contributed by atoms with Crippen LogP contribution in [0.15, 0.2) is 36.4 Å². The number of nitrogens with zero attached hydrogens (tertiary/aromatic N) is 1. The monoisotopic (exact) mass is 390 g/mol. The van der Waals surface area contributed by atoms with Crippen LogP contribution in [0, 0.1) is 11.8 Å². The molecular formula is C22H34N2O2S. The molecule has 1 aromatic carbocycles. The van der Waals surface area contributed by atoms with Crippen molar-refractivity contribution < 1.29 is 9.84 Å². The molecule has 0 radical (unpaired) electrons. The highest BCUT2D eigenvalue weighted by atomic mass is 32.2. The van der Waals surface area contributed by atoms with E-state index in [2.05, 4.69) is 46.9 Å². The molecule has 3 aliphatic rings. The van der Waals surface area contributed by atoms with Crippen LogP contribution >= 0.6 is 0 Å². The highest BCUT2D eigenvalue weighted by molar-refractivity contribution is 7.88. The van der Waals surface area contributed by atoms with Crippen molar-refractivity contribution in [2.45, 2.75) is 50.5 Å². The highest BCUT2D eigenvalue weighted by Crippen LogP contribution is 2.51. The molecule has 0 unspecified atom stereocenters. The summed E-state index contributed by atoms with van der Waals surface area (Å²) in [5, 5.41) is 0. The number of hydrogen-bond acceptors (Lipinski definition) is 3. The van der Waals surface area contributed by atoms with Crippen molar-refractivity contribution in [1.29, 1.82) is 0 Å². The minimum absolute atomic E-state index is 0. The average Bonchev–Trinajstić information content (AvgIpc) is 3.25. The molecule has 0 saturated carbocycles. The van der Waals surface area contributed by atoms with Crippen LogP contribution < -0.4 is 4.72 Å². The summed E-state index contributed by atoms with van der Waals surface area (Å²) >= 11 is 0. The number of sulfonamides is 1. The zero-order chi connectivity index (χ0) is 19.1. The smallest absolute Gasteiger partial charge is 0.209 e. The van der Waals surface area contributed by atoms with Crippen molar-refractivity contribution in [2.24, 2.45) is 11.8 Å². The number of rotatable bonds is 5. The largest absolute Gasteiger partial charge is 0.303 e. The summed E-state index contributed by atoms with van der Waals surface area (Å²) in [5.74, 6) is 1.46. The van der Waals surface area contributed by atoms with Crippen molar-refractivity contribution in [2.75, 3.05) is 25.9 Å². The van der Waals surface area contributed by atoms with Gasteiger partial charge < -0.3 is 4.90 Å². The molecule has 1 heterocycles. The maximum Gasteiger partial charge on any atom is 0.209 e. The molecule has 0 aromatic heterocycles. The van der Waals surface area contributed by atoms with Crippen molar-refractivity contribution in [1.82, 2.24) is 9.62 Å². The fraction of sp³-hybridized carbons (Fsp3) is 0.636. The van der Waals surface area contributed by atoms with E-state index >= 15 is 0 Å². The fourth-order valence-electron chi connectivity index (χ4n) is 5.57. The summed E-state index contributed by atoms with van der Waals surface area (Å²) < 4.78 is 26.6. The third kappa shape index (κ3) is 4.01. The lowest BCUT2D eigenvalue weighted by molar-refractivity contribution is 0.130.